The predicted molar refractivity (Wildman–Crippen MR) is 108 cm³/mol. The standard InChI is InChI=1S/C22H34Si/c1-9-10-14-23(8,21-13-11-12-15(21)2)22-19(6)17(4)16(3)18(5)20(22)7/h12-13H,9-11,14H2,1-8H3. The Bertz CT molecular complexity index is 647. The van der Waals surface area contributed by atoms with Gasteiger partial charge >= 0.3 is 0 Å². The molecule has 1 unspecified atom stereocenters. The highest BCUT2D eigenvalue weighted by Gasteiger charge is 2.38. The number of unbranched alkanes of at least 4 members (excludes halogenated alkanes) is 1. The predicted octanol–water partition coefficient (Wildman–Crippen LogP) is 6.13. The summed E-state index contributed by atoms with van der Waals surface area (Å²) in [5.74, 6) is 0. The third kappa shape index (κ3) is 3.00. The van der Waals surface area contributed by atoms with E-state index in [4.69, 9.17) is 0 Å². The van der Waals surface area contributed by atoms with Gasteiger partial charge in [-0.3, -0.25) is 0 Å². The number of rotatable bonds is 5. The maximum atomic E-state index is 2.63. The molecule has 126 valence electrons. The average molecular weight is 327 g/mol. The van der Waals surface area contributed by atoms with Crippen LogP contribution in [0.1, 0.15) is 60.9 Å². The molecule has 0 aromatic heterocycles. The quantitative estimate of drug-likeness (QED) is 0.571. The number of hydrogen-bond acceptors (Lipinski definition) is 0. The van der Waals surface area contributed by atoms with Gasteiger partial charge in [0.25, 0.3) is 0 Å². The van der Waals surface area contributed by atoms with Crippen LogP contribution in [-0.2, 0) is 0 Å². The van der Waals surface area contributed by atoms with Crippen LogP contribution in [-0.4, -0.2) is 8.07 Å². The topological polar surface area (TPSA) is 0 Å². The Hall–Kier alpha value is -1.08. The molecule has 2 rings (SSSR count). The molecule has 0 bridgehead atoms. The Balaban J connectivity index is 2.73. The number of hydrogen-bond donors (Lipinski definition) is 0. The first-order valence-corrected chi connectivity index (χ1v) is 11.9. The van der Waals surface area contributed by atoms with Crippen molar-refractivity contribution in [2.45, 2.75) is 80.3 Å². The maximum Gasteiger partial charge on any atom is 0.115 e. The molecule has 0 heterocycles. The van der Waals surface area contributed by atoms with Gasteiger partial charge in [-0.15, -0.1) is 0 Å². The lowest BCUT2D eigenvalue weighted by Gasteiger charge is -2.35. The van der Waals surface area contributed by atoms with Crippen molar-refractivity contribution >= 4 is 13.3 Å². The average Bonchev–Trinajstić information content (AvgIpc) is 2.96. The van der Waals surface area contributed by atoms with E-state index in [0.29, 0.717) is 0 Å². The molecule has 0 amide bonds. The van der Waals surface area contributed by atoms with Crippen LogP contribution in [0, 0.1) is 34.6 Å². The van der Waals surface area contributed by atoms with E-state index in [1.54, 1.807) is 27.1 Å². The molecule has 0 aliphatic heterocycles. The van der Waals surface area contributed by atoms with Crippen molar-refractivity contribution in [3.63, 3.8) is 0 Å². The normalized spacial score (nSPS) is 17.0. The molecule has 0 nitrogen and oxygen atoms in total. The second-order valence-corrected chi connectivity index (χ2v) is 11.9. The summed E-state index contributed by atoms with van der Waals surface area (Å²) >= 11 is 0. The molecule has 1 heteroatoms. The van der Waals surface area contributed by atoms with E-state index in [1.165, 1.54) is 35.6 Å². The van der Waals surface area contributed by atoms with Crippen molar-refractivity contribution in [2.24, 2.45) is 0 Å². The van der Waals surface area contributed by atoms with Crippen LogP contribution in [0.15, 0.2) is 22.9 Å². The lowest BCUT2D eigenvalue weighted by atomic mass is 9.95. The zero-order chi connectivity index (χ0) is 17.4. The van der Waals surface area contributed by atoms with Gasteiger partial charge in [0.1, 0.15) is 8.07 Å². The zero-order valence-corrected chi connectivity index (χ0v) is 17.5. The summed E-state index contributed by atoms with van der Waals surface area (Å²) in [5, 5.41) is 3.44. The second kappa shape index (κ2) is 6.81. The molecular formula is C22H34Si. The van der Waals surface area contributed by atoms with E-state index in [0.717, 1.165) is 6.42 Å². The van der Waals surface area contributed by atoms with Gasteiger partial charge in [0.15, 0.2) is 0 Å². The van der Waals surface area contributed by atoms with Crippen LogP contribution >= 0.6 is 0 Å². The highest BCUT2D eigenvalue weighted by atomic mass is 28.3. The minimum Gasteiger partial charge on any atom is -0.0808 e. The molecule has 0 saturated carbocycles. The fourth-order valence-electron chi connectivity index (χ4n) is 4.54. The van der Waals surface area contributed by atoms with Crippen molar-refractivity contribution in [3.8, 4) is 0 Å². The molecule has 0 saturated heterocycles. The van der Waals surface area contributed by atoms with E-state index in [-0.39, 0.29) is 0 Å². The first-order valence-electron chi connectivity index (χ1n) is 9.20. The molecule has 1 aliphatic carbocycles. The van der Waals surface area contributed by atoms with Crippen LogP contribution in [0.3, 0.4) is 0 Å². The third-order valence-corrected chi connectivity index (χ3v) is 11.3. The summed E-state index contributed by atoms with van der Waals surface area (Å²) in [4.78, 5) is 0. The molecule has 0 N–H and O–H groups in total. The fraction of sp³-hybridized carbons (Fsp3) is 0.545. The lowest BCUT2D eigenvalue weighted by molar-refractivity contribution is 0.870. The fourth-order valence-corrected chi connectivity index (χ4v) is 9.96. The Morgan fingerprint density at radius 1 is 0.826 bits per heavy atom. The summed E-state index contributed by atoms with van der Waals surface area (Å²) < 4.78 is 0. The van der Waals surface area contributed by atoms with Crippen molar-refractivity contribution < 1.29 is 0 Å². The molecule has 0 fully saturated rings. The highest BCUT2D eigenvalue weighted by Crippen LogP contribution is 2.35. The van der Waals surface area contributed by atoms with Gasteiger partial charge < -0.3 is 0 Å². The van der Waals surface area contributed by atoms with Crippen molar-refractivity contribution in [2.75, 3.05) is 0 Å². The van der Waals surface area contributed by atoms with Gasteiger partial charge in [0.05, 0.1) is 0 Å². The summed E-state index contributed by atoms with van der Waals surface area (Å²) in [6, 6.07) is 1.38. The molecule has 1 aliphatic rings. The highest BCUT2D eigenvalue weighted by molar-refractivity contribution is 6.98. The Kier molecular flexibility index (Phi) is 5.40. The lowest BCUT2D eigenvalue weighted by Crippen LogP contribution is -2.50. The van der Waals surface area contributed by atoms with Gasteiger partial charge in [0.2, 0.25) is 0 Å². The van der Waals surface area contributed by atoms with E-state index in [1.807, 2.05) is 0 Å². The number of benzene rings is 1. The van der Waals surface area contributed by atoms with Gasteiger partial charge in [-0.25, -0.2) is 0 Å². The summed E-state index contributed by atoms with van der Waals surface area (Å²) in [7, 11) is -1.66. The van der Waals surface area contributed by atoms with Gasteiger partial charge in [-0.1, -0.05) is 49.2 Å². The van der Waals surface area contributed by atoms with Crippen molar-refractivity contribution in [1.82, 2.24) is 0 Å². The summed E-state index contributed by atoms with van der Waals surface area (Å²) in [6.07, 6.45) is 8.72. The minimum atomic E-state index is -1.66. The van der Waals surface area contributed by atoms with E-state index >= 15 is 0 Å². The van der Waals surface area contributed by atoms with Crippen molar-refractivity contribution in [1.29, 1.82) is 0 Å². The van der Waals surface area contributed by atoms with Gasteiger partial charge in [0, 0.05) is 0 Å². The maximum absolute atomic E-state index is 2.63. The van der Waals surface area contributed by atoms with Crippen LogP contribution in [0.2, 0.25) is 12.6 Å². The zero-order valence-electron chi connectivity index (χ0n) is 16.5. The largest absolute Gasteiger partial charge is 0.115 e. The summed E-state index contributed by atoms with van der Waals surface area (Å²) in [6.45, 7) is 19.0. The SMILES string of the molecule is CCCC[Si](C)(C1=CCC=C1C)c1c(C)c(C)c(C)c(C)c1C. The molecule has 0 spiro atoms. The van der Waals surface area contributed by atoms with Crippen LogP contribution in [0.4, 0.5) is 0 Å². The van der Waals surface area contributed by atoms with Crippen LogP contribution < -0.4 is 5.19 Å². The van der Waals surface area contributed by atoms with Gasteiger partial charge in [-0.05, 0) is 87.0 Å². The smallest absolute Gasteiger partial charge is 0.0808 e. The van der Waals surface area contributed by atoms with Gasteiger partial charge in [-0.2, -0.15) is 0 Å². The Morgan fingerprint density at radius 2 is 1.35 bits per heavy atom. The Labute approximate surface area is 144 Å². The molecular weight excluding hydrogens is 292 g/mol. The molecule has 1 aromatic carbocycles. The monoisotopic (exact) mass is 326 g/mol. The number of allylic oxidation sites excluding steroid dienone is 4. The molecule has 0 radical (unpaired) electrons. The van der Waals surface area contributed by atoms with Crippen LogP contribution in [0.25, 0.3) is 0 Å². The van der Waals surface area contributed by atoms with E-state index < -0.39 is 8.07 Å². The van der Waals surface area contributed by atoms with Crippen molar-refractivity contribution in [3.05, 3.63) is 50.7 Å². The molecule has 23 heavy (non-hydrogen) atoms. The van der Waals surface area contributed by atoms with Crippen LogP contribution in [0.5, 0.6) is 0 Å². The first-order chi connectivity index (χ1) is 10.8. The third-order valence-electron chi connectivity index (χ3n) is 6.35. The second-order valence-electron chi connectivity index (χ2n) is 7.68. The molecule has 1 aromatic rings. The van der Waals surface area contributed by atoms with E-state index in [9.17, 15) is 0 Å². The molecule has 1 atom stereocenters. The summed E-state index contributed by atoms with van der Waals surface area (Å²) in [5.41, 5.74) is 9.19. The minimum absolute atomic E-state index is 1.14. The Morgan fingerprint density at radius 3 is 1.78 bits per heavy atom. The van der Waals surface area contributed by atoms with E-state index in [2.05, 4.69) is 67.2 Å². The first kappa shape index (κ1) is 18.3.